The molecule has 150 valence electrons. The van der Waals surface area contributed by atoms with Crippen molar-refractivity contribution in [2.45, 2.75) is 117 Å². The van der Waals surface area contributed by atoms with E-state index in [1.165, 1.54) is 64.2 Å². The summed E-state index contributed by atoms with van der Waals surface area (Å²) in [6.45, 7) is 6.55. The van der Waals surface area contributed by atoms with Crippen molar-refractivity contribution >= 4 is 5.91 Å². The summed E-state index contributed by atoms with van der Waals surface area (Å²) in [6.07, 6.45) is 18.1. The number of carbonyl (C=O) groups is 1. The van der Waals surface area contributed by atoms with Crippen molar-refractivity contribution in [2.75, 3.05) is 6.61 Å². The zero-order valence-electron chi connectivity index (χ0n) is 17.3. The molecular weight excluding hydrogens is 310 g/mol. The number of hydrogen-bond donors (Lipinski definition) is 2. The Balaban J connectivity index is 3.50. The molecule has 1 amide bonds. The number of rotatable bonds is 18. The zero-order valence-corrected chi connectivity index (χ0v) is 17.3. The van der Waals surface area contributed by atoms with Gasteiger partial charge in [-0.1, -0.05) is 104 Å². The number of nitrogens with two attached hydrogens (primary N) is 1. The lowest BCUT2D eigenvalue weighted by atomic mass is 9.78. The quantitative estimate of drug-likeness (QED) is 0.297. The molecule has 1 atom stereocenters. The van der Waals surface area contributed by atoms with E-state index in [9.17, 15) is 9.90 Å². The fraction of sp³-hybridized carbons (Fsp3) is 0.955. The Kier molecular flexibility index (Phi) is 15.3. The van der Waals surface area contributed by atoms with E-state index in [0.717, 1.165) is 31.6 Å². The number of aliphatic hydroxyl groups is 1. The van der Waals surface area contributed by atoms with Crippen LogP contribution in [0.3, 0.4) is 0 Å². The summed E-state index contributed by atoms with van der Waals surface area (Å²) in [5.74, 6) is 0.526. The van der Waals surface area contributed by atoms with Crippen molar-refractivity contribution in [3.8, 4) is 0 Å². The molecule has 0 aliphatic heterocycles. The number of primary amides is 1. The highest BCUT2D eigenvalue weighted by molar-refractivity contribution is 5.80. The van der Waals surface area contributed by atoms with Crippen LogP contribution in [0.5, 0.6) is 0 Å². The normalized spacial score (nSPS) is 14.0. The van der Waals surface area contributed by atoms with Crippen molar-refractivity contribution in [2.24, 2.45) is 17.1 Å². The molecule has 0 saturated carbocycles. The summed E-state index contributed by atoms with van der Waals surface area (Å²) in [6, 6.07) is 0. The first-order valence-corrected chi connectivity index (χ1v) is 10.9. The van der Waals surface area contributed by atoms with E-state index in [1.54, 1.807) is 0 Å². The number of hydrogen-bond acceptors (Lipinski definition) is 2. The highest BCUT2D eigenvalue weighted by Crippen LogP contribution is 2.30. The molecule has 0 bridgehead atoms. The highest BCUT2D eigenvalue weighted by atomic mass is 16.3. The Morgan fingerprint density at radius 2 is 1.28 bits per heavy atom. The first-order valence-electron chi connectivity index (χ1n) is 10.9. The third-order valence-corrected chi connectivity index (χ3v) is 5.49. The Morgan fingerprint density at radius 3 is 1.64 bits per heavy atom. The van der Waals surface area contributed by atoms with Gasteiger partial charge in [0, 0.05) is 0 Å². The van der Waals surface area contributed by atoms with Gasteiger partial charge in [0.05, 0.1) is 12.0 Å². The summed E-state index contributed by atoms with van der Waals surface area (Å²) >= 11 is 0. The molecule has 0 heterocycles. The lowest BCUT2D eigenvalue weighted by molar-refractivity contribution is -0.131. The molecule has 0 aromatic carbocycles. The number of aliphatic hydroxyl groups excluding tert-OH is 1. The van der Waals surface area contributed by atoms with Gasteiger partial charge in [0.25, 0.3) is 0 Å². The summed E-state index contributed by atoms with van der Waals surface area (Å²) in [4.78, 5) is 11.7. The van der Waals surface area contributed by atoms with Gasteiger partial charge in [0.2, 0.25) is 5.91 Å². The van der Waals surface area contributed by atoms with Gasteiger partial charge in [-0.05, 0) is 18.8 Å². The lowest BCUT2D eigenvalue weighted by Gasteiger charge is -2.28. The van der Waals surface area contributed by atoms with Gasteiger partial charge in [0.15, 0.2) is 0 Å². The van der Waals surface area contributed by atoms with E-state index >= 15 is 0 Å². The summed E-state index contributed by atoms with van der Waals surface area (Å²) in [5.41, 5.74) is 4.85. The summed E-state index contributed by atoms with van der Waals surface area (Å²) < 4.78 is 0. The van der Waals surface area contributed by atoms with Crippen LogP contribution in [-0.2, 0) is 4.79 Å². The standard InChI is InChI=1S/C22H45NO2/c1-4-17-22(19-24,21(23)25)18-15-13-11-9-7-5-6-8-10-12-14-16-20(2)3/h20,24H,4-19H2,1-3H3,(H2,23,25). The van der Waals surface area contributed by atoms with Gasteiger partial charge in [-0.2, -0.15) is 0 Å². The molecule has 0 fully saturated rings. The van der Waals surface area contributed by atoms with Gasteiger partial charge in [-0.3, -0.25) is 4.79 Å². The monoisotopic (exact) mass is 355 g/mol. The van der Waals surface area contributed by atoms with Gasteiger partial charge >= 0.3 is 0 Å². The average molecular weight is 356 g/mol. The molecule has 0 aliphatic rings. The predicted molar refractivity (Wildman–Crippen MR) is 108 cm³/mol. The van der Waals surface area contributed by atoms with Crippen LogP contribution >= 0.6 is 0 Å². The minimum atomic E-state index is -0.676. The van der Waals surface area contributed by atoms with Crippen molar-refractivity contribution in [3.05, 3.63) is 0 Å². The van der Waals surface area contributed by atoms with Crippen LogP contribution < -0.4 is 5.73 Å². The molecule has 3 N–H and O–H groups in total. The first-order chi connectivity index (χ1) is 12.0. The first kappa shape index (κ1) is 24.4. The largest absolute Gasteiger partial charge is 0.395 e. The molecule has 25 heavy (non-hydrogen) atoms. The van der Waals surface area contributed by atoms with E-state index in [4.69, 9.17) is 5.73 Å². The Bertz CT molecular complexity index is 317. The van der Waals surface area contributed by atoms with Crippen LogP contribution in [0.1, 0.15) is 117 Å². The van der Waals surface area contributed by atoms with Crippen LogP contribution in [0.4, 0.5) is 0 Å². The minimum absolute atomic E-state index is 0.104. The number of unbranched alkanes of at least 4 members (excludes halogenated alkanes) is 10. The second-order valence-corrected chi connectivity index (χ2v) is 8.37. The van der Waals surface area contributed by atoms with Crippen LogP contribution in [0.2, 0.25) is 0 Å². The molecule has 0 saturated heterocycles. The van der Waals surface area contributed by atoms with Gasteiger partial charge in [-0.25, -0.2) is 0 Å². The van der Waals surface area contributed by atoms with Gasteiger partial charge < -0.3 is 10.8 Å². The lowest BCUT2D eigenvalue weighted by Crippen LogP contribution is -2.40. The maximum Gasteiger partial charge on any atom is 0.225 e. The van der Waals surface area contributed by atoms with Gasteiger partial charge in [0.1, 0.15) is 0 Å². The van der Waals surface area contributed by atoms with E-state index < -0.39 is 5.41 Å². The molecule has 0 aliphatic carbocycles. The molecule has 0 aromatic rings. The van der Waals surface area contributed by atoms with Crippen molar-refractivity contribution in [1.29, 1.82) is 0 Å². The molecule has 3 nitrogen and oxygen atoms in total. The fourth-order valence-electron chi connectivity index (χ4n) is 3.69. The number of carbonyl (C=O) groups excluding carboxylic acids is 1. The highest BCUT2D eigenvalue weighted by Gasteiger charge is 2.34. The Labute approximate surface area is 157 Å². The van der Waals surface area contributed by atoms with Crippen molar-refractivity contribution in [3.63, 3.8) is 0 Å². The zero-order chi connectivity index (χ0) is 19.0. The third-order valence-electron chi connectivity index (χ3n) is 5.49. The van der Waals surface area contributed by atoms with Crippen LogP contribution in [-0.4, -0.2) is 17.6 Å². The van der Waals surface area contributed by atoms with Crippen LogP contribution in [0, 0.1) is 11.3 Å². The number of amides is 1. The molecular formula is C22H45NO2. The van der Waals surface area contributed by atoms with Crippen LogP contribution in [0.15, 0.2) is 0 Å². The van der Waals surface area contributed by atoms with E-state index in [2.05, 4.69) is 13.8 Å². The van der Waals surface area contributed by atoms with Gasteiger partial charge in [-0.15, -0.1) is 0 Å². The van der Waals surface area contributed by atoms with E-state index in [1.807, 2.05) is 6.92 Å². The average Bonchev–Trinajstić information content (AvgIpc) is 2.57. The predicted octanol–water partition coefficient (Wildman–Crippen LogP) is 5.98. The van der Waals surface area contributed by atoms with E-state index in [0.29, 0.717) is 6.42 Å². The SMILES string of the molecule is CCCC(CO)(CCCCCCCCCCCCCC(C)C)C(N)=O. The third kappa shape index (κ3) is 12.4. The molecule has 1 unspecified atom stereocenters. The summed E-state index contributed by atoms with van der Waals surface area (Å²) in [5, 5.41) is 9.58. The molecule has 0 rings (SSSR count). The Morgan fingerprint density at radius 1 is 0.840 bits per heavy atom. The summed E-state index contributed by atoms with van der Waals surface area (Å²) in [7, 11) is 0. The van der Waals surface area contributed by atoms with Crippen LogP contribution in [0.25, 0.3) is 0 Å². The topological polar surface area (TPSA) is 63.3 Å². The van der Waals surface area contributed by atoms with Crippen molar-refractivity contribution in [1.82, 2.24) is 0 Å². The molecule has 3 heteroatoms. The molecule has 0 spiro atoms. The Hall–Kier alpha value is -0.570. The minimum Gasteiger partial charge on any atom is -0.395 e. The second kappa shape index (κ2) is 15.7. The van der Waals surface area contributed by atoms with E-state index in [-0.39, 0.29) is 12.5 Å². The molecule has 0 radical (unpaired) electrons. The second-order valence-electron chi connectivity index (χ2n) is 8.37. The smallest absolute Gasteiger partial charge is 0.225 e. The molecule has 0 aromatic heterocycles. The maximum atomic E-state index is 11.7. The maximum absolute atomic E-state index is 11.7. The fourth-order valence-corrected chi connectivity index (χ4v) is 3.69. The van der Waals surface area contributed by atoms with Crippen molar-refractivity contribution < 1.29 is 9.90 Å².